The van der Waals surface area contributed by atoms with Crippen LogP contribution in [0.3, 0.4) is 0 Å². The minimum Gasteiger partial charge on any atom is -0.383 e. The van der Waals surface area contributed by atoms with Gasteiger partial charge in [-0.3, -0.25) is 28.9 Å². The van der Waals surface area contributed by atoms with Crippen molar-refractivity contribution < 1.29 is 32.8 Å². The number of carbonyl (C=O) groups is 5. The molecule has 0 unspecified atom stereocenters. The Labute approximate surface area is 649 Å². The Balaban J connectivity index is 0.000000148. The van der Waals surface area contributed by atoms with Crippen molar-refractivity contribution in [3.05, 3.63) is 227 Å². The molecule has 0 spiro atoms. The van der Waals surface area contributed by atoms with Gasteiger partial charge in [0.15, 0.2) is 16.9 Å². The van der Waals surface area contributed by atoms with Crippen LogP contribution in [-0.4, -0.2) is 161 Å². The summed E-state index contributed by atoms with van der Waals surface area (Å²) in [7, 11) is 1.53. The minimum atomic E-state index is -0.777. The number of nitrogen functional groups attached to an aromatic ring is 3. The molecule has 6 aromatic heterocycles. The molecule has 3 atom stereocenters. The van der Waals surface area contributed by atoms with Gasteiger partial charge in [0.05, 0.1) is 58.5 Å². The molecule has 5 amide bonds. The van der Waals surface area contributed by atoms with Gasteiger partial charge in [-0.05, 0) is 123 Å². The van der Waals surface area contributed by atoms with Crippen LogP contribution in [0, 0.1) is 48.1 Å². The lowest BCUT2D eigenvalue weighted by Crippen LogP contribution is -2.40. The molecule has 0 bridgehead atoms. The van der Waals surface area contributed by atoms with E-state index in [2.05, 4.69) is 58.1 Å². The van der Waals surface area contributed by atoms with Gasteiger partial charge in [-0.25, -0.2) is 52.7 Å². The summed E-state index contributed by atoms with van der Waals surface area (Å²) in [5, 5.41) is 40.7. The number of nitrogens with two attached hydrogens (primary N) is 3. The van der Waals surface area contributed by atoms with Crippen LogP contribution in [0.15, 0.2) is 171 Å². The highest BCUT2D eigenvalue weighted by Gasteiger charge is 2.32. The summed E-state index contributed by atoms with van der Waals surface area (Å²) in [6, 6.07) is 45.0. The Hall–Kier alpha value is -13.7. The van der Waals surface area contributed by atoms with E-state index in [0.29, 0.717) is 113 Å². The second-order valence-electron chi connectivity index (χ2n) is 28.1. The summed E-state index contributed by atoms with van der Waals surface area (Å²) in [4.78, 5) is 95.3. The number of rotatable bonds is 18. The Kier molecular flexibility index (Phi) is 23.9. The van der Waals surface area contributed by atoms with Gasteiger partial charge < -0.3 is 42.5 Å². The highest BCUT2D eigenvalue weighted by atomic mass is 19.1. The van der Waals surface area contributed by atoms with Crippen LogP contribution in [0.1, 0.15) is 122 Å². The number of anilines is 3. The molecule has 3 aliphatic rings. The number of benzene rings is 6. The molecule has 3 saturated heterocycles. The predicted molar refractivity (Wildman–Crippen MR) is 423 cm³/mol. The predicted octanol–water partition coefficient (Wildman–Crippen LogP) is 10.8. The SMILES string of the molecule is C=CC(=O)N1CCC[C@@H](n2nc(-c3ccc(CN(C)C(=O)c4cc(F)ccc4F)cc3)c3c(N)ncnc32)C1.Cc1ccccc1C(=O)NCc1ccc(-c2nn([C@@H]3CCCN(C(=O)CC#N)C3)c3ncnc(N)c23)cc1.Cc1ccccc1C(=O)NCc1ccc(-c2nn([C@@H]3CCCN(CC#N)C3)c3ncnc(N)c23)cc1. The van der Waals surface area contributed by atoms with Gasteiger partial charge in [-0.2, -0.15) is 25.8 Å². The van der Waals surface area contributed by atoms with Crippen LogP contribution in [0.2, 0.25) is 0 Å². The van der Waals surface area contributed by atoms with E-state index in [0.717, 1.165) is 125 Å². The van der Waals surface area contributed by atoms with Crippen molar-refractivity contribution in [3.63, 3.8) is 0 Å². The maximum atomic E-state index is 14.1. The summed E-state index contributed by atoms with van der Waals surface area (Å²) in [5.74, 6) is -1.56. The first kappa shape index (κ1) is 77.4. The smallest absolute Gasteiger partial charge is 0.256 e. The average molecular weight is 1520 g/mol. The van der Waals surface area contributed by atoms with Crippen LogP contribution in [-0.2, 0) is 29.2 Å². The molecule has 6 aromatic carbocycles. The third-order valence-corrected chi connectivity index (χ3v) is 20.5. The first-order valence-electron chi connectivity index (χ1n) is 37.0. The van der Waals surface area contributed by atoms with E-state index in [9.17, 15) is 32.8 Å². The molecule has 0 saturated carbocycles. The largest absolute Gasteiger partial charge is 0.383 e. The molecular formula is C83H83F2N23O5. The molecule has 113 heavy (non-hydrogen) atoms. The monoisotopic (exact) mass is 1520 g/mol. The third-order valence-electron chi connectivity index (χ3n) is 20.5. The van der Waals surface area contributed by atoms with Crippen LogP contribution in [0.25, 0.3) is 66.9 Å². The fraction of sp³-hybridized carbons (Fsp3) is 0.277. The molecule has 0 aliphatic carbocycles. The summed E-state index contributed by atoms with van der Waals surface area (Å²) >= 11 is 0. The number of aromatic nitrogens is 12. The van der Waals surface area contributed by atoms with Gasteiger partial charge in [0, 0.05) is 87.2 Å². The number of nitrogens with zero attached hydrogens (tertiary/aromatic N) is 18. The lowest BCUT2D eigenvalue weighted by atomic mass is 10.1. The summed E-state index contributed by atoms with van der Waals surface area (Å²) in [6.07, 6.45) is 10.7. The number of hydrogen-bond donors (Lipinski definition) is 5. The van der Waals surface area contributed by atoms with Crippen molar-refractivity contribution in [3.8, 4) is 45.9 Å². The Morgan fingerprint density at radius 3 is 1.41 bits per heavy atom. The first-order valence-corrected chi connectivity index (χ1v) is 37.0. The highest BCUT2D eigenvalue weighted by Crippen LogP contribution is 2.38. The zero-order chi connectivity index (χ0) is 79.4. The van der Waals surface area contributed by atoms with Gasteiger partial charge >= 0.3 is 0 Å². The Morgan fingerprint density at radius 2 is 0.965 bits per heavy atom. The number of nitriles is 2. The second kappa shape index (κ2) is 34.9. The summed E-state index contributed by atoms with van der Waals surface area (Å²) in [6.45, 7) is 12.7. The van der Waals surface area contributed by atoms with Crippen LogP contribution in [0.5, 0.6) is 0 Å². The number of amides is 5. The van der Waals surface area contributed by atoms with Crippen LogP contribution >= 0.6 is 0 Å². The molecular weight excluding hydrogens is 1440 g/mol. The Bertz CT molecular complexity index is 5640. The molecule has 15 rings (SSSR count). The fourth-order valence-corrected chi connectivity index (χ4v) is 14.6. The molecule has 0 radical (unpaired) electrons. The molecule has 28 nitrogen and oxygen atoms in total. The lowest BCUT2D eigenvalue weighted by Gasteiger charge is -2.32. The number of nitrogens with one attached hydrogen (secondary N) is 2. The number of halogens is 2. The fourth-order valence-electron chi connectivity index (χ4n) is 14.6. The molecule has 574 valence electrons. The summed E-state index contributed by atoms with van der Waals surface area (Å²) in [5.41, 5.74) is 30.8. The normalized spacial score (nSPS) is 15.5. The standard InChI is InChI=1S/C28H27F2N7O2.C28H28N8O2.C27H28N8O/c1-3-23(38)36-12-4-5-20(15-36)37-27-24(26(31)32-16-33-27)25(34-37)18-8-6-17(7-9-18)14-35(2)28(39)21-13-19(29)10-11-22(21)30;1-18-5-2-3-7-22(18)28(38)31-15-19-8-10-20(11-9-19)25-24-26(30)32-17-33-27(24)36(34-25)21-6-4-14-35(16-21)23(37)12-13-29;1-18-5-2-3-7-22(18)27(36)30-15-19-8-10-20(11-9-19)24-23-25(29)31-17-32-26(23)35(33-24)21-6-4-13-34(16-21)14-12-28/h3,6-11,13,16,20H,1,4-5,12,14-15H2,2H3,(H2,31,32,33);2-3,5,7-11,17,21H,4,6,12,14-16H2,1H3,(H,31,38)(H2,30,32,33);2-3,5,7-11,17,21H,4,6,13-16H2,1H3,(H,30,36)(H2,29,31,32)/t20-;2*21-/m111/s1. The number of carbonyl (C=O) groups excluding carboxylic acids is 5. The average Bonchev–Trinajstić information content (AvgIpc) is 1.62. The molecule has 8 N–H and O–H groups in total. The first-order chi connectivity index (χ1) is 54.8. The van der Waals surface area contributed by atoms with Gasteiger partial charge in [-0.1, -0.05) is 116 Å². The minimum absolute atomic E-state index is 0.0876. The van der Waals surface area contributed by atoms with E-state index >= 15 is 0 Å². The maximum absolute atomic E-state index is 14.1. The molecule has 3 fully saturated rings. The maximum Gasteiger partial charge on any atom is 0.256 e. The molecule has 30 heteroatoms. The number of piperidine rings is 3. The molecule has 12 aromatic rings. The second-order valence-corrected chi connectivity index (χ2v) is 28.1. The van der Waals surface area contributed by atoms with E-state index in [1.165, 1.54) is 37.0 Å². The Morgan fingerprint density at radius 1 is 0.540 bits per heavy atom. The topological polar surface area (TPSA) is 379 Å². The lowest BCUT2D eigenvalue weighted by molar-refractivity contribution is -0.131. The van der Waals surface area contributed by atoms with Gasteiger partial charge in [0.2, 0.25) is 11.8 Å². The van der Waals surface area contributed by atoms with Crippen molar-refractivity contribution in [1.29, 1.82) is 10.5 Å². The number of aryl methyl sites for hydroxylation is 2. The molecule has 3 aliphatic heterocycles. The quantitative estimate of drug-likeness (QED) is 0.0393. The van der Waals surface area contributed by atoms with E-state index in [-0.39, 0.29) is 60.3 Å². The number of hydrogen-bond acceptors (Lipinski definition) is 20. The zero-order valence-corrected chi connectivity index (χ0v) is 62.6. The van der Waals surface area contributed by atoms with Crippen molar-refractivity contribution in [2.75, 3.05) is 70.1 Å². The van der Waals surface area contributed by atoms with Gasteiger partial charge in [0.25, 0.3) is 17.7 Å². The number of fused-ring (bicyclic) bond motifs is 3. The van der Waals surface area contributed by atoms with Gasteiger partial charge in [-0.15, -0.1) is 0 Å². The van der Waals surface area contributed by atoms with E-state index in [1.54, 1.807) is 9.80 Å². The van der Waals surface area contributed by atoms with Crippen molar-refractivity contribution in [1.82, 2.24) is 89.5 Å². The highest BCUT2D eigenvalue weighted by molar-refractivity contribution is 6.01. The van der Waals surface area contributed by atoms with Crippen LogP contribution in [0.4, 0.5) is 26.2 Å². The third kappa shape index (κ3) is 17.3. The van der Waals surface area contributed by atoms with Crippen molar-refractivity contribution in [2.45, 2.75) is 96.6 Å². The zero-order valence-electron chi connectivity index (χ0n) is 62.6. The summed E-state index contributed by atoms with van der Waals surface area (Å²) < 4.78 is 33.2. The van der Waals surface area contributed by atoms with Gasteiger partial charge in [0.1, 0.15) is 71.6 Å². The number of likely N-dealkylation sites (tertiary alicyclic amines) is 3. The van der Waals surface area contributed by atoms with Crippen LogP contribution < -0.4 is 27.8 Å². The van der Waals surface area contributed by atoms with E-state index < -0.39 is 17.5 Å². The van der Waals surface area contributed by atoms with Crippen molar-refractivity contribution in [2.24, 2.45) is 0 Å². The van der Waals surface area contributed by atoms with E-state index in [4.69, 9.17) is 43.0 Å². The van der Waals surface area contributed by atoms with E-state index in [1.807, 2.05) is 155 Å². The molecule has 9 heterocycles. The van der Waals surface area contributed by atoms with Crippen molar-refractivity contribution >= 4 is 80.1 Å².